The molecule has 0 aliphatic carbocycles. The summed E-state index contributed by atoms with van der Waals surface area (Å²) in [6.07, 6.45) is 3.75. The number of hydrogen-bond donors (Lipinski definition) is 1. The molecule has 1 aliphatic heterocycles. The van der Waals surface area contributed by atoms with Crippen LogP contribution in [0, 0.1) is 18.3 Å². The molecule has 3 rings (SSSR count). The molecule has 0 saturated carbocycles. The van der Waals surface area contributed by atoms with Crippen LogP contribution in [0.5, 0.6) is 0 Å². The number of carbonyl (C=O) groups excluding carboxylic acids is 1. The van der Waals surface area contributed by atoms with E-state index in [0.717, 1.165) is 28.9 Å². The van der Waals surface area contributed by atoms with E-state index in [1.54, 1.807) is 12.1 Å². The molecule has 1 heterocycles. The fourth-order valence-corrected chi connectivity index (χ4v) is 4.41. The first kappa shape index (κ1) is 22.9. The van der Waals surface area contributed by atoms with Crippen molar-refractivity contribution in [2.45, 2.75) is 40.2 Å². The second-order valence-electron chi connectivity index (χ2n) is 8.20. The Hall–Kier alpha value is -2.74. The number of likely N-dealkylation sites (N-methyl/N-ethyl adjacent to an activating group) is 1. The highest BCUT2D eigenvalue weighted by Gasteiger charge is 2.30. The summed E-state index contributed by atoms with van der Waals surface area (Å²) >= 11 is 12.6. The van der Waals surface area contributed by atoms with Gasteiger partial charge >= 0.3 is 0 Å². The molecule has 6 heteroatoms. The van der Waals surface area contributed by atoms with Gasteiger partial charge in [0.2, 0.25) is 0 Å². The molecule has 2 aromatic rings. The molecule has 31 heavy (non-hydrogen) atoms. The molecule has 0 atom stereocenters. The molecule has 0 unspecified atom stereocenters. The monoisotopic (exact) mass is 453 g/mol. The molecular weight excluding hydrogens is 429 g/mol. The summed E-state index contributed by atoms with van der Waals surface area (Å²) in [5.74, 6) is -0.509. The van der Waals surface area contributed by atoms with Gasteiger partial charge in [0.05, 0.1) is 5.54 Å². The Kier molecular flexibility index (Phi) is 6.50. The van der Waals surface area contributed by atoms with Gasteiger partial charge in [-0.2, -0.15) is 5.26 Å². The Bertz CT molecular complexity index is 1160. The minimum Gasteiger partial charge on any atom is -0.363 e. The fourth-order valence-electron chi connectivity index (χ4n) is 4.03. The van der Waals surface area contributed by atoms with Crippen molar-refractivity contribution >= 4 is 52.1 Å². The largest absolute Gasteiger partial charge is 0.363 e. The lowest BCUT2D eigenvalue weighted by atomic mass is 9.88. The van der Waals surface area contributed by atoms with E-state index in [1.807, 2.05) is 31.2 Å². The molecular formula is C25H25Cl2N3O. The molecule has 2 aromatic carbocycles. The Morgan fingerprint density at radius 3 is 2.58 bits per heavy atom. The van der Waals surface area contributed by atoms with Crippen LogP contribution in [0.1, 0.15) is 44.4 Å². The zero-order chi connectivity index (χ0) is 22.9. The molecule has 1 aliphatic rings. The minimum atomic E-state index is -0.509. The third-order valence-electron chi connectivity index (χ3n) is 5.53. The number of nitrogens with zero attached hydrogens (tertiary/aromatic N) is 2. The van der Waals surface area contributed by atoms with Crippen LogP contribution in [-0.2, 0) is 4.79 Å². The van der Waals surface area contributed by atoms with Crippen molar-refractivity contribution in [3.8, 4) is 6.07 Å². The molecule has 1 amide bonds. The number of anilines is 2. The van der Waals surface area contributed by atoms with E-state index in [0.29, 0.717) is 21.3 Å². The molecule has 160 valence electrons. The summed E-state index contributed by atoms with van der Waals surface area (Å²) in [6, 6.07) is 11.1. The van der Waals surface area contributed by atoms with Crippen molar-refractivity contribution in [1.82, 2.24) is 0 Å². The van der Waals surface area contributed by atoms with E-state index in [9.17, 15) is 10.1 Å². The second-order valence-corrected chi connectivity index (χ2v) is 9.04. The summed E-state index contributed by atoms with van der Waals surface area (Å²) < 4.78 is 0. The quantitative estimate of drug-likeness (QED) is 0.405. The number of aryl methyl sites for hydroxylation is 1. The van der Waals surface area contributed by atoms with E-state index in [1.165, 1.54) is 6.08 Å². The second kappa shape index (κ2) is 8.78. The van der Waals surface area contributed by atoms with Gasteiger partial charge in [-0.3, -0.25) is 4.79 Å². The van der Waals surface area contributed by atoms with Crippen LogP contribution in [0.25, 0.3) is 11.6 Å². The van der Waals surface area contributed by atoms with E-state index in [-0.39, 0.29) is 11.1 Å². The highest BCUT2D eigenvalue weighted by Crippen LogP contribution is 2.41. The van der Waals surface area contributed by atoms with Gasteiger partial charge in [-0.1, -0.05) is 35.3 Å². The summed E-state index contributed by atoms with van der Waals surface area (Å²) in [5, 5.41) is 13.4. The topological polar surface area (TPSA) is 56.1 Å². The average Bonchev–Trinajstić information content (AvgIpc) is 2.69. The van der Waals surface area contributed by atoms with E-state index >= 15 is 0 Å². The van der Waals surface area contributed by atoms with Gasteiger partial charge < -0.3 is 10.2 Å². The lowest BCUT2D eigenvalue weighted by Gasteiger charge is -2.43. The Labute approximate surface area is 193 Å². The number of rotatable bonds is 4. The number of allylic oxidation sites excluding steroid dienone is 1. The van der Waals surface area contributed by atoms with Crippen LogP contribution in [-0.4, -0.2) is 18.0 Å². The van der Waals surface area contributed by atoms with Crippen LogP contribution in [0.4, 0.5) is 11.4 Å². The highest BCUT2D eigenvalue weighted by atomic mass is 35.5. The Morgan fingerprint density at radius 2 is 1.94 bits per heavy atom. The Balaban J connectivity index is 2.00. The Morgan fingerprint density at radius 1 is 1.23 bits per heavy atom. The normalized spacial score (nSPS) is 15.1. The van der Waals surface area contributed by atoms with Crippen LogP contribution >= 0.6 is 23.2 Å². The number of amides is 1. The van der Waals surface area contributed by atoms with Gasteiger partial charge in [0.15, 0.2) is 0 Å². The van der Waals surface area contributed by atoms with Crippen molar-refractivity contribution in [3.05, 3.63) is 68.7 Å². The van der Waals surface area contributed by atoms with Gasteiger partial charge in [-0.25, -0.2) is 0 Å². The number of fused-ring (bicyclic) bond motifs is 1. The third-order valence-corrected chi connectivity index (χ3v) is 6.09. The minimum absolute atomic E-state index is 0.0358. The summed E-state index contributed by atoms with van der Waals surface area (Å²) in [4.78, 5) is 15.0. The molecule has 4 nitrogen and oxygen atoms in total. The maximum Gasteiger partial charge on any atom is 0.266 e. The van der Waals surface area contributed by atoms with Gasteiger partial charge in [-0.15, -0.1) is 0 Å². The average molecular weight is 454 g/mol. The standard InChI is InChI=1S/C25H25Cl2N3O/c1-6-30-23-12-21(27)17(10-20(23)16(3)13-25(30,4)5)9-18(14-28)24(31)29-22-11-19(26)8-7-15(22)2/h7-13H,6H2,1-5H3,(H,29,31)/b18-9+. The molecule has 0 saturated heterocycles. The predicted molar refractivity (Wildman–Crippen MR) is 131 cm³/mol. The van der Waals surface area contributed by atoms with Crippen LogP contribution in [0.3, 0.4) is 0 Å². The van der Waals surface area contributed by atoms with E-state index in [4.69, 9.17) is 23.2 Å². The van der Waals surface area contributed by atoms with Gasteiger partial charge in [0.1, 0.15) is 11.6 Å². The number of benzene rings is 2. The van der Waals surface area contributed by atoms with Crippen molar-refractivity contribution < 1.29 is 4.79 Å². The van der Waals surface area contributed by atoms with Crippen molar-refractivity contribution in [1.29, 1.82) is 5.26 Å². The molecule has 0 bridgehead atoms. The van der Waals surface area contributed by atoms with E-state index in [2.05, 4.69) is 44.0 Å². The molecule has 1 N–H and O–H groups in total. The van der Waals surface area contributed by atoms with Gasteiger partial charge in [-0.05, 0) is 81.7 Å². The molecule has 0 aromatic heterocycles. The zero-order valence-corrected chi connectivity index (χ0v) is 19.8. The molecule has 0 spiro atoms. The van der Waals surface area contributed by atoms with Crippen LogP contribution < -0.4 is 10.2 Å². The lowest BCUT2D eigenvalue weighted by molar-refractivity contribution is -0.112. The van der Waals surface area contributed by atoms with Crippen molar-refractivity contribution in [3.63, 3.8) is 0 Å². The molecule has 0 fully saturated rings. The van der Waals surface area contributed by atoms with Crippen molar-refractivity contribution in [2.75, 3.05) is 16.8 Å². The first-order valence-electron chi connectivity index (χ1n) is 10.1. The number of nitriles is 1. The van der Waals surface area contributed by atoms with Crippen molar-refractivity contribution in [2.24, 2.45) is 0 Å². The van der Waals surface area contributed by atoms with Gasteiger partial charge in [0, 0.05) is 33.5 Å². The maximum absolute atomic E-state index is 12.8. The number of nitrogens with one attached hydrogen (secondary N) is 1. The third kappa shape index (κ3) is 4.63. The molecule has 0 radical (unpaired) electrons. The predicted octanol–water partition coefficient (Wildman–Crippen LogP) is 6.87. The lowest BCUT2D eigenvalue weighted by Crippen LogP contribution is -2.44. The highest BCUT2D eigenvalue weighted by molar-refractivity contribution is 6.33. The number of carbonyl (C=O) groups is 1. The first-order valence-corrected chi connectivity index (χ1v) is 10.8. The van der Waals surface area contributed by atoms with Gasteiger partial charge in [0.25, 0.3) is 5.91 Å². The summed E-state index contributed by atoms with van der Waals surface area (Å²) in [5.41, 5.74) is 5.10. The first-order chi connectivity index (χ1) is 14.6. The zero-order valence-electron chi connectivity index (χ0n) is 18.3. The fraction of sp³-hybridized carbons (Fsp3) is 0.280. The summed E-state index contributed by atoms with van der Waals surface area (Å²) in [7, 11) is 0. The maximum atomic E-state index is 12.8. The van der Waals surface area contributed by atoms with E-state index < -0.39 is 5.91 Å². The number of halogens is 2. The number of hydrogen-bond acceptors (Lipinski definition) is 3. The van der Waals surface area contributed by atoms with Crippen LogP contribution in [0.2, 0.25) is 10.0 Å². The van der Waals surface area contributed by atoms with Crippen LogP contribution in [0.15, 0.2) is 42.0 Å². The summed E-state index contributed by atoms with van der Waals surface area (Å²) in [6.45, 7) is 11.2. The SMILES string of the molecule is CCN1c2cc(Cl)c(/C=C(\C#N)C(=O)Nc3cc(Cl)ccc3C)cc2C(C)=CC1(C)C. The smallest absolute Gasteiger partial charge is 0.266 e.